The molecule has 0 aliphatic heterocycles. The number of alkyl halides is 1. The molecule has 1 aromatic heterocycles. The van der Waals surface area contributed by atoms with Crippen LogP contribution in [-0.2, 0) is 17.6 Å². The molecule has 0 amide bonds. The molecule has 1 aliphatic carbocycles. The van der Waals surface area contributed by atoms with Crippen LogP contribution in [0, 0.1) is 0 Å². The Morgan fingerprint density at radius 3 is 2.24 bits per heavy atom. The van der Waals surface area contributed by atoms with Crippen molar-refractivity contribution in [1.82, 2.24) is 9.97 Å². The Labute approximate surface area is 133 Å². The van der Waals surface area contributed by atoms with E-state index in [1.807, 2.05) is 13.8 Å². The van der Waals surface area contributed by atoms with E-state index in [0.717, 1.165) is 37.1 Å². The summed E-state index contributed by atoms with van der Waals surface area (Å²) in [4.78, 5) is 31.5. The van der Waals surface area contributed by atoms with Crippen molar-refractivity contribution in [2.45, 2.75) is 57.7 Å². The molecule has 5 nitrogen and oxygen atoms in total. The standard InChI is InChI=1S/C13H16BrN3O2.C2H6/c1-2-9(18)10(14)12(19)11-13(15)17-8-6-4-3-5-7(8)16-11;1-2/h10H,2-6H2,1H3,(H2,15,17);1-2H3. The van der Waals surface area contributed by atoms with E-state index in [2.05, 4.69) is 25.9 Å². The third kappa shape index (κ3) is 4.09. The average Bonchev–Trinajstić information content (AvgIpc) is 2.53. The molecule has 0 spiro atoms. The highest BCUT2D eigenvalue weighted by molar-refractivity contribution is 9.10. The first-order valence-corrected chi connectivity index (χ1v) is 8.32. The van der Waals surface area contributed by atoms with Crippen LogP contribution in [0.1, 0.15) is 61.9 Å². The minimum Gasteiger partial charge on any atom is -0.382 e. The molecular formula is C15H22BrN3O2. The maximum Gasteiger partial charge on any atom is 0.206 e. The van der Waals surface area contributed by atoms with Crippen LogP contribution in [0.25, 0.3) is 0 Å². The van der Waals surface area contributed by atoms with E-state index in [0.29, 0.717) is 6.42 Å². The average molecular weight is 356 g/mol. The number of hydrogen-bond donors (Lipinski definition) is 1. The van der Waals surface area contributed by atoms with Crippen molar-refractivity contribution in [3.05, 3.63) is 17.1 Å². The Hall–Kier alpha value is -1.30. The van der Waals surface area contributed by atoms with Crippen LogP contribution in [0.3, 0.4) is 0 Å². The van der Waals surface area contributed by atoms with E-state index in [1.54, 1.807) is 6.92 Å². The monoisotopic (exact) mass is 355 g/mol. The Bertz CT molecular complexity index is 532. The number of aryl methyl sites for hydroxylation is 2. The molecular weight excluding hydrogens is 334 g/mol. The van der Waals surface area contributed by atoms with E-state index in [1.165, 1.54) is 0 Å². The second-order valence-electron chi connectivity index (χ2n) is 4.60. The molecule has 2 N–H and O–H groups in total. The van der Waals surface area contributed by atoms with Crippen molar-refractivity contribution < 1.29 is 9.59 Å². The van der Waals surface area contributed by atoms with E-state index in [-0.39, 0.29) is 17.3 Å². The number of rotatable bonds is 4. The lowest BCUT2D eigenvalue weighted by Gasteiger charge is -2.16. The van der Waals surface area contributed by atoms with E-state index in [4.69, 9.17) is 5.73 Å². The van der Waals surface area contributed by atoms with Gasteiger partial charge in [0.1, 0.15) is 10.5 Å². The highest BCUT2D eigenvalue weighted by atomic mass is 79.9. The fraction of sp³-hybridized carbons (Fsp3) is 0.600. The number of hydrogen-bond acceptors (Lipinski definition) is 5. The fourth-order valence-corrected chi connectivity index (χ4v) is 2.67. The number of aromatic nitrogens is 2. The summed E-state index contributed by atoms with van der Waals surface area (Å²) in [6.07, 6.45) is 4.08. The minimum absolute atomic E-state index is 0.115. The maximum atomic E-state index is 12.2. The lowest BCUT2D eigenvalue weighted by molar-refractivity contribution is -0.117. The number of nitrogens with zero attached hydrogens (tertiary/aromatic N) is 2. The van der Waals surface area contributed by atoms with Crippen molar-refractivity contribution in [3.63, 3.8) is 0 Å². The summed E-state index contributed by atoms with van der Waals surface area (Å²) in [6.45, 7) is 5.71. The van der Waals surface area contributed by atoms with Gasteiger partial charge < -0.3 is 5.73 Å². The van der Waals surface area contributed by atoms with Crippen LogP contribution in [0.4, 0.5) is 5.82 Å². The van der Waals surface area contributed by atoms with E-state index in [9.17, 15) is 9.59 Å². The van der Waals surface area contributed by atoms with Crippen molar-refractivity contribution in [2.24, 2.45) is 0 Å². The molecule has 0 saturated carbocycles. The van der Waals surface area contributed by atoms with Crippen LogP contribution in [0.2, 0.25) is 0 Å². The third-order valence-corrected chi connectivity index (χ3v) is 4.18. The molecule has 0 saturated heterocycles. The molecule has 0 bridgehead atoms. The lowest BCUT2D eigenvalue weighted by atomic mass is 10.00. The second kappa shape index (κ2) is 8.22. The molecule has 1 aromatic rings. The Morgan fingerprint density at radius 1 is 1.19 bits per heavy atom. The molecule has 1 aliphatic rings. The summed E-state index contributed by atoms with van der Waals surface area (Å²) in [7, 11) is 0. The summed E-state index contributed by atoms with van der Waals surface area (Å²) < 4.78 is 0. The predicted molar refractivity (Wildman–Crippen MR) is 86.8 cm³/mol. The van der Waals surface area contributed by atoms with Gasteiger partial charge in [0, 0.05) is 6.42 Å². The number of nitrogen functional groups attached to an aromatic ring is 1. The van der Waals surface area contributed by atoms with Crippen LogP contribution < -0.4 is 5.73 Å². The zero-order valence-corrected chi connectivity index (χ0v) is 14.4. The molecule has 0 fully saturated rings. The first kappa shape index (κ1) is 17.8. The Kier molecular flexibility index (Phi) is 6.95. The van der Waals surface area contributed by atoms with Gasteiger partial charge in [0.05, 0.1) is 11.4 Å². The van der Waals surface area contributed by atoms with Crippen molar-refractivity contribution in [2.75, 3.05) is 5.73 Å². The van der Waals surface area contributed by atoms with Gasteiger partial charge in [-0.15, -0.1) is 0 Å². The quantitative estimate of drug-likeness (QED) is 0.509. The van der Waals surface area contributed by atoms with Gasteiger partial charge in [-0.05, 0) is 25.7 Å². The minimum atomic E-state index is -0.879. The smallest absolute Gasteiger partial charge is 0.206 e. The highest BCUT2D eigenvalue weighted by Gasteiger charge is 2.28. The number of Topliss-reactive ketones (excluding diaryl/α,β-unsaturated/α-hetero) is 2. The third-order valence-electron chi connectivity index (χ3n) is 3.25. The molecule has 2 rings (SSSR count). The SMILES string of the molecule is CC.CCC(=O)C(Br)C(=O)c1nc2c(nc1N)CCCC2. The second-order valence-corrected chi connectivity index (χ2v) is 5.52. The van der Waals surface area contributed by atoms with Gasteiger partial charge in [0.2, 0.25) is 5.78 Å². The predicted octanol–water partition coefficient (Wildman–Crippen LogP) is 2.89. The van der Waals surface area contributed by atoms with Crippen LogP contribution in [0.15, 0.2) is 0 Å². The first-order valence-electron chi connectivity index (χ1n) is 7.40. The molecule has 6 heteroatoms. The van der Waals surface area contributed by atoms with Gasteiger partial charge in [0.25, 0.3) is 0 Å². The van der Waals surface area contributed by atoms with Gasteiger partial charge >= 0.3 is 0 Å². The molecule has 1 heterocycles. The fourth-order valence-electron chi connectivity index (χ4n) is 2.13. The van der Waals surface area contributed by atoms with E-state index >= 15 is 0 Å². The summed E-state index contributed by atoms with van der Waals surface area (Å²) in [5, 5.41) is 0. The zero-order valence-electron chi connectivity index (χ0n) is 12.8. The Morgan fingerprint density at radius 2 is 1.71 bits per heavy atom. The van der Waals surface area contributed by atoms with Gasteiger partial charge in [-0.3, -0.25) is 9.59 Å². The largest absolute Gasteiger partial charge is 0.382 e. The number of halogens is 1. The topological polar surface area (TPSA) is 85.9 Å². The number of ketones is 2. The van der Waals surface area contributed by atoms with Crippen LogP contribution in [0.5, 0.6) is 0 Å². The number of carbonyl (C=O) groups excluding carboxylic acids is 2. The van der Waals surface area contributed by atoms with Gasteiger partial charge in [-0.25, -0.2) is 9.97 Å². The summed E-state index contributed by atoms with van der Waals surface area (Å²) in [5.41, 5.74) is 7.64. The summed E-state index contributed by atoms with van der Waals surface area (Å²) in [6, 6.07) is 0. The van der Waals surface area contributed by atoms with Gasteiger partial charge in [-0.2, -0.15) is 0 Å². The van der Waals surface area contributed by atoms with Crippen LogP contribution >= 0.6 is 15.9 Å². The molecule has 0 aromatic carbocycles. The molecule has 116 valence electrons. The zero-order chi connectivity index (χ0) is 16.0. The number of fused-ring (bicyclic) bond motifs is 1. The van der Waals surface area contributed by atoms with Gasteiger partial charge in [0.15, 0.2) is 11.6 Å². The van der Waals surface area contributed by atoms with Crippen molar-refractivity contribution in [1.29, 1.82) is 0 Å². The highest BCUT2D eigenvalue weighted by Crippen LogP contribution is 2.22. The number of nitrogens with two attached hydrogens (primary N) is 1. The van der Waals surface area contributed by atoms with E-state index < -0.39 is 10.6 Å². The molecule has 1 atom stereocenters. The molecule has 0 radical (unpaired) electrons. The normalized spacial score (nSPS) is 14.5. The number of anilines is 1. The molecule has 21 heavy (non-hydrogen) atoms. The van der Waals surface area contributed by atoms with Crippen molar-refractivity contribution >= 4 is 33.3 Å². The van der Waals surface area contributed by atoms with Crippen molar-refractivity contribution in [3.8, 4) is 0 Å². The maximum absolute atomic E-state index is 12.2. The van der Waals surface area contributed by atoms with Crippen LogP contribution in [-0.4, -0.2) is 26.4 Å². The first-order chi connectivity index (χ1) is 10.0. The van der Waals surface area contributed by atoms with Gasteiger partial charge in [-0.1, -0.05) is 36.7 Å². The Balaban J connectivity index is 0.00000106. The lowest BCUT2D eigenvalue weighted by Crippen LogP contribution is -2.27. The molecule has 1 unspecified atom stereocenters. The summed E-state index contributed by atoms with van der Waals surface area (Å²) >= 11 is 3.11. The number of carbonyl (C=O) groups is 2. The summed E-state index contributed by atoms with van der Waals surface area (Å²) in [5.74, 6) is -0.451.